The SMILES string of the molecule is CC1(C)[C@@H]2[C@H]3C(=O)C[C@H](C(=O)C(=O)CC4CC4)CCCCCCCCCC[C@H](CC(=O)CC4([C@H]5CCS5(=O)=O)CCCCC4)C(=O)N3C[C@@H]21. The molecule has 0 unspecified atom stereocenters. The van der Waals surface area contributed by atoms with Crippen LogP contribution in [0.15, 0.2) is 0 Å². The molecule has 3 saturated heterocycles. The molecular formula is C40H61NO7S. The number of sulfone groups is 1. The van der Waals surface area contributed by atoms with Gasteiger partial charge in [-0.05, 0) is 73.5 Å². The van der Waals surface area contributed by atoms with Crippen molar-refractivity contribution in [3.05, 3.63) is 0 Å². The number of carbonyl (C=O) groups excluding carboxylic acids is 5. The van der Waals surface area contributed by atoms with E-state index in [0.717, 1.165) is 96.3 Å². The van der Waals surface area contributed by atoms with Crippen molar-refractivity contribution in [3.8, 4) is 0 Å². The zero-order valence-corrected chi connectivity index (χ0v) is 31.0. The number of carbonyl (C=O) groups is 5. The number of rotatable bonds is 9. The van der Waals surface area contributed by atoms with E-state index < -0.39 is 44.2 Å². The molecule has 0 aromatic rings. The van der Waals surface area contributed by atoms with E-state index in [1.54, 1.807) is 4.90 Å². The Balaban J connectivity index is 1.21. The second-order valence-electron chi connectivity index (χ2n) is 17.8. The van der Waals surface area contributed by atoms with Gasteiger partial charge in [0.25, 0.3) is 0 Å². The molecule has 8 nitrogen and oxygen atoms in total. The fourth-order valence-corrected chi connectivity index (χ4v) is 12.5. The second kappa shape index (κ2) is 15.0. The number of ketones is 4. The lowest BCUT2D eigenvalue weighted by Gasteiger charge is -2.47. The molecule has 6 aliphatic rings. The van der Waals surface area contributed by atoms with Gasteiger partial charge in [-0.3, -0.25) is 24.0 Å². The maximum atomic E-state index is 14.6. The molecule has 0 spiro atoms. The number of piperidine rings is 1. The maximum Gasteiger partial charge on any atom is 0.226 e. The molecule has 6 rings (SSSR count). The van der Waals surface area contributed by atoms with Gasteiger partial charge < -0.3 is 4.90 Å². The Morgan fingerprint density at radius 3 is 1.98 bits per heavy atom. The first-order chi connectivity index (χ1) is 23.3. The highest BCUT2D eigenvalue weighted by Crippen LogP contribution is 2.65. The number of fused-ring (bicyclic) bond motifs is 3. The van der Waals surface area contributed by atoms with Gasteiger partial charge in [-0.1, -0.05) is 84.5 Å². The summed E-state index contributed by atoms with van der Waals surface area (Å²) in [6, 6.07) is -0.626. The predicted octanol–water partition coefficient (Wildman–Crippen LogP) is 7.00. The van der Waals surface area contributed by atoms with E-state index in [4.69, 9.17) is 0 Å². The monoisotopic (exact) mass is 699 g/mol. The molecule has 1 amide bonds. The highest BCUT2D eigenvalue weighted by molar-refractivity contribution is 7.93. The predicted molar refractivity (Wildman–Crippen MR) is 188 cm³/mol. The summed E-state index contributed by atoms with van der Waals surface area (Å²) in [5.41, 5.74) is -0.591. The molecular weight excluding hydrogens is 639 g/mol. The quantitative estimate of drug-likeness (QED) is 0.238. The van der Waals surface area contributed by atoms with Crippen molar-refractivity contribution >= 4 is 38.9 Å². The van der Waals surface area contributed by atoms with Crippen LogP contribution in [0, 0.1) is 40.4 Å². The molecule has 3 saturated carbocycles. The number of amides is 1. The van der Waals surface area contributed by atoms with Crippen molar-refractivity contribution in [2.24, 2.45) is 40.4 Å². The molecule has 0 aromatic carbocycles. The minimum atomic E-state index is -3.17. The first kappa shape index (κ1) is 36.9. The number of nitrogens with zero attached hydrogens (tertiary/aromatic N) is 1. The maximum absolute atomic E-state index is 14.6. The van der Waals surface area contributed by atoms with Crippen LogP contribution in [0.4, 0.5) is 0 Å². The van der Waals surface area contributed by atoms with Gasteiger partial charge in [0.2, 0.25) is 11.7 Å². The van der Waals surface area contributed by atoms with Crippen molar-refractivity contribution in [2.45, 2.75) is 166 Å². The summed E-state index contributed by atoms with van der Waals surface area (Å²) in [7, 11) is -3.17. The summed E-state index contributed by atoms with van der Waals surface area (Å²) < 4.78 is 25.7. The van der Waals surface area contributed by atoms with Gasteiger partial charge in [0.1, 0.15) is 5.78 Å². The summed E-state index contributed by atoms with van der Waals surface area (Å²) in [5.74, 6) is -1.39. The largest absolute Gasteiger partial charge is 0.332 e. The highest BCUT2D eigenvalue weighted by atomic mass is 32.2. The fourth-order valence-electron chi connectivity index (χ4n) is 10.6. The molecule has 9 heteroatoms. The van der Waals surface area contributed by atoms with Gasteiger partial charge in [-0.15, -0.1) is 0 Å². The second-order valence-corrected chi connectivity index (χ2v) is 20.1. The van der Waals surface area contributed by atoms with E-state index in [1.165, 1.54) is 0 Å². The molecule has 3 aliphatic heterocycles. The summed E-state index contributed by atoms with van der Waals surface area (Å²) in [6.45, 7) is 4.79. The van der Waals surface area contributed by atoms with Gasteiger partial charge in [0.15, 0.2) is 21.4 Å². The minimum absolute atomic E-state index is 0.00493. The van der Waals surface area contributed by atoms with Crippen LogP contribution in [0.1, 0.15) is 155 Å². The van der Waals surface area contributed by atoms with E-state index in [2.05, 4.69) is 13.8 Å². The van der Waals surface area contributed by atoms with Gasteiger partial charge in [0.05, 0.1) is 17.0 Å². The normalized spacial score (nSPS) is 34.9. The van der Waals surface area contributed by atoms with E-state index in [9.17, 15) is 32.4 Å². The first-order valence-electron chi connectivity index (χ1n) is 20.0. The van der Waals surface area contributed by atoms with Crippen LogP contribution in [-0.2, 0) is 33.8 Å². The Bertz CT molecular complexity index is 1390. The van der Waals surface area contributed by atoms with E-state index in [1.807, 2.05) is 0 Å². The molecule has 6 atom stereocenters. The minimum Gasteiger partial charge on any atom is -0.332 e. The molecule has 274 valence electrons. The lowest BCUT2D eigenvalue weighted by molar-refractivity contribution is -0.146. The summed E-state index contributed by atoms with van der Waals surface area (Å²) in [6.07, 6.45) is 16.8. The zero-order valence-electron chi connectivity index (χ0n) is 30.2. The van der Waals surface area contributed by atoms with Gasteiger partial charge in [0, 0.05) is 44.1 Å². The number of hydrogen-bond donors (Lipinski definition) is 0. The fraction of sp³-hybridized carbons (Fsp3) is 0.875. The lowest BCUT2D eigenvalue weighted by Crippen LogP contribution is -2.52. The average molecular weight is 700 g/mol. The molecule has 0 aromatic heterocycles. The van der Waals surface area contributed by atoms with Crippen LogP contribution in [-0.4, -0.2) is 65.9 Å². The van der Waals surface area contributed by atoms with Crippen LogP contribution in [0.2, 0.25) is 0 Å². The topological polar surface area (TPSA) is 123 Å². The lowest BCUT2D eigenvalue weighted by atomic mass is 9.67. The summed E-state index contributed by atoms with van der Waals surface area (Å²) in [4.78, 5) is 71.1. The van der Waals surface area contributed by atoms with Crippen LogP contribution in [0.25, 0.3) is 0 Å². The van der Waals surface area contributed by atoms with Gasteiger partial charge in [-0.25, -0.2) is 8.42 Å². The van der Waals surface area contributed by atoms with Crippen molar-refractivity contribution < 1.29 is 32.4 Å². The van der Waals surface area contributed by atoms with Crippen molar-refractivity contribution in [1.29, 1.82) is 0 Å². The molecule has 3 heterocycles. The van der Waals surface area contributed by atoms with Gasteiger partial charge in [-0.2, -0.15) is 0 Å². The molecule has 0 bridgehead atoms. The van der Waals surface area contributed by atoms with Crippen LogP contribution < -0.4 is 0 Å². The molecule has 0 radical (unpaired) electrons. The Morgan fingerprint density at radius 1 is 0.776 bits per heavy atom. The van der Waals surface area contributed by atoms with Crippen LogP contribution in [0.3, 0.4) is 0 Å². The highest BCUT2D eigenvalue weighted by Gasteiger charge is 2.69. The first-order valence-corrected chi connectivity index (χ1v) is 21.7. The van der Waals surface area contributed by atoms with Crippen molar-refractivity contribution in [2.75, 3.05) is 12.3 Å². The Kier molecular flexibility index (Phi) is 11.3. The Morgan fingerprint density at radius 2 is 1.39 bits per heavy atom. The zero-order chi connectivity index (χ0) is 35.0. The number of Topliss-reactive ketones (excluding diaryl/α,β-unsaturated/α-hetero) is 4. The smallest absolute Gasteiger partial charge is 0.226 e. The van der Waals surface area contributed by atoms with Crippen molar-refractivity contribution in [1.82, 2.24) is 4.90 Å². The van der Waals surface area contributed by atoms with Crippen LogP contribution >= 0.6 is 0 Å². The van der Waals surface area contributed by atoms with E-state index in [0.29, 0.717) is 38.1 Å². The molecule has 3 aliphatic carbocycles. The molecule has 49 heavy (non-hydrogen) atoms. The third-order valence-electron chi connectivity index (χ3n) is 13.9. The van der Waals surface area contributed by atoms with Gasteiger partial charge >= 0.3 is 0 Å². The standard InChI is InChI=1S/C40H61NO7S/c1-39(2)31-26-41-36(35(31)39)32(43)24-28(37(45)33(44)22-27-16-17-27)14-10-7-5-3-4-6-8-11-15-29(38(41)46)23-30(42)25-40(19-12-9-13-20-40)34-18-21-49(34,47)48/h27-29,31,34-36H,3-26H2,1-2H3/t28-,29-,31+,34-,35+,36-/m1/s1. The average Bonchev–Trinajstić information content (AvgIpc) is 3.90. The molecule has 6 fully saturated rings. The third kappa shape index (κ3) is 8.12. The van der Waals surface area contributed by atoms with E-state index in [-0.39, 0.29) is 65.5 Å². The van der Waals surface area contributed by atoms with Crippen LogP contribution in [0.5, 0.6) is 0 Å². The van der Waals surface area contributed by atoms with E-state index >= 15 is 0 Å². The molecule has 0 N–H and O–H groups in total. The Labute approximate surface area is 294 Å². The third-order valence-corrected chi connectivity index (χ3v) is 16.4. The summed E-state index contributed by atoms with van der Waals surface area (Å²) >= 11 is 0. The summed E-state index contributed by atoms with van der Waals surface area (Å²) in [5, 5.41) is -0.442. The number of hydrogen-bond acceptors (Lipinski definition) is 7. The Hall–Kier alpha value is -1.90. The van der Waals surface area contributed by atoms with Crippen molar-refractivity contribution in [3.63, 3.8) is 0 Å².